The van der Waals surface area contributed by atoms with Crippen molar-refractivity contribution in [3.8, 4) is 0 Å². The van der Waals surface area contributed by atoms with Crippen LogP contribution in [0, 0.1) is 17.1 Å². The largest absolute Gasteiger partial charge is 0.445 e. The summed E-state index contributed by atoms with van der Waals surface area (Å²) in [5.74, 6) is -1.31. The summed E-state index contributed by atoms with van der Waals surface area (Å²) in [5.41, 5.74) is 1.37. The summed E-state index contributed by atoms with van der Waals surface area (Å²) in [6.45, 7) is 1.01. The first-order valence-electron chi connectivity index (χ1n) is 9.24. The molecule has 29 heavy (non-hydrogen) atoms. The molecule has 1 aliphatic heterocycles. The summed E-state index contributed by atoms with van der Waals surface area (Å²) >= 11 is 3.08. The van der Waals surface area contributed by atoms with Gasteiger partial charge >= 0.3 is 6.09 Å². The fourth-order valence-electron chi connectivity index (χ4n) is 3.12. The molecule has 2 aromatic rings. The smallest absolute Gasteiger partial charge is 0.410 e. The Bertz CT molecular complexity index is 899. The molecule has 152 valence electrons. The molecule has 0 bridgehead atoms. The first-order chi connectivity index (χ1) is 13.9. The van der Waals surface area contributed by atoms with Gasteiger partial charge in [0.15, 0.2) is 5.84 Å². The van der Waals surface area contributed by atoms with E-state index in [4.69, 9.17) is 10.1 Å². The van der Waals surface area contributed by atoms with E-state index in [2.05, 4.69) is 21.2 Å². The third kappa shape index (κ3) is 5.63. The molecule has 2 aromatic carbocycles. The number of halogens is 2. The van der Waals surface area contributed by atoms with E-state index in [9.17, 15) is 14.0 Å². The van der Waals surface area contributed by atoms with Crippen molar-refractivity contribution in [1.82, 2.24) is 4.90 Å². The second-order valence-corrected chi connectivity index (χ2v) is 7.65. The van der Waals surface area contributed by atoms with Crippen LogP contribution in [0.3, 0.4) is 0 Å². The Morgan fingerprint density at radius 2 is 1.86 bits per heavy atom. The zero-order valence-electron chi connectivity index (χ0n) is 15.7. The topological polar surface area (TPSA) is 82.5 Å². The number of hydrogen-bond donors (Lipinski definition) is 2. The van der Waals surface area contributed by atoms with Gasteiger partial charge in [-0.1, -0.05) is 30.3 Å². The van der Waals surface area contributed by atoms with Gasteiger partial charge in [0.05, 0.1) is 4.47 Å². The average Bonchev–Trinajstić information content (AvgIpc) is 2.75. The number of likely N-dealkylation sites (tertiary alicyclic amines) is 1. The summed E-state index contributed by atoms with van der Waals surface area (Å²) in [7, 11) is 0. The zero-order valence-corrected chi connectivity index (χ0v) is 17.2. The van der Waals surface area contributed by atoms with Crippen molar-refractivity contribution < 1.29 is 18.7 Å². The Hall–Kier alpha value is -2.74. The maximum atomic E-state index is 13.3. The number of piperidine rings is 1. The van der Waals surface area contributed by atoms with Crippen LogP contribution >= 0.6 is 15.9 Å². The average molecular weight is 462 g/mol. The number of amidine groups is 1. The molecule has 0 radical (unpaired) electrons. The van der Waals surface area contributed by atoms with Crippen LogP contribution in [0.15, 0.2) is 53.0 Å². The molecule has 1 heterocycles. The normalized spacial score (nSPS) is 14.3. The van der Waals surface area contributed by atoms with Gasteiger partial charge in [-0.3, -0.25) is 10.2 Å². The lowest BCUT2D eigenvalue weighted by molar-refractivity contribution is -0.117. The van der Waals surface area contributed by atoms with E-state index < -0.39 is 11.9 Å². The number of carbonyl (C=O) groups excluding carboxylic acids is 2. The molecule has 0 atom stereocenters. The van der Waals surface area contributed by atoms with Gasteiger partial charge < -0.3 is 15.0 Å². The molecular formula is C21H21BrFN3O3. The van der Waals surface area contributed by atoms with Crippen molar-refractivity contribution >= 4 is 39.3 Å². The minimum atomic E-state index is -0.417. The van der Waals surface area contributed by atoms with Crippen LogP contribution in [-0.2, 0) is 16.1 Å². The molecule has 0 spiro atoms. The van der Waals surface area contributed by atoms with E-state index in [0.29, 0.717) is 31.6 Å². The van der Waals surface area contributed by atoms with Gasteiger partial charge in [0.25, 0.3) is 0 Å². The number of ketones is 1. The van der Waals surface area contributed by atoms with E-state index in [-0.39, 0.29) is 28.6 Å². The minimum Gasteiger partial charge on any atom is -0.445 e. The summed E-state index contributed by atoms with van der Waals surface area (Å²) in [4.78, 5) is 26.3. The van der Waals surface area contributed by atoms with Crippen molar-refractivity contribution in [3.63, 3.8) is 0 Å². The van der Waals surface area contributed by atoms with Gasteiger partial charge in [0, 0.05) is 24.7 Å². The van der Waals surface area contributed by atoms with Crippen molar-refractivity contribution in [1.29, 1.82) is 5.41 Å². The molecule has 2 N–H and O–H groups in total. The second-order valence-electron chi connectivity index (χ2n) is 6.79. The van der Waals surface area contributed by atoms with E-state index >= 15 is 0 Å². The molecule has 3 rings (SSSR count). The Morgan fingerprint density at radius 1 is 1.17 bits per heavy atom. The first-order valence-corrected chi connectivity index (χ1v) is 10.0. The highest BCUT2D eigenvalue weighted by Crippen LogP contribution is 2.22. The fraction of sp³-hybridized carbons (Fsp3) is 0.286. The number of nitrogens with one attached hydrogen (secondary N) is 2. The quantitative estimate of drug-likeness (QED) is 0.503. The van der Waals surface area contributed by atoms with Crippen LogP contribution in [0.1, 0.15) is 18.4 Å². The lowest BCUT2D eigenvalue weighted by Crippen LogP contribution is -2.42. The van der Waals surface area contributed by atoms with E-state index in [1.165, 1.54) is 18.2 Å². The minimum absolute atomic E-state index is 0.209. The van der Waals surface area contributed by atoms with E-state index in [1.807, 2.05) is 30.3 Å². The lowest BCUT2D eigenvalue weighted by atomic mass is 9.92. The van der Waals surface area contributed by atoms with Crippen LogP contribution in [0.4, 0.5) is 14.9 Å². The maximum absolute atomic E-state index is 13.3. The van der Waals surface area contributed by atoms with Gasteiger partial charge in [-0.2, -0.15) is 0 Å². The van der Waals surface area contributed by atoms with Gasteiger partial charge in [-0.05, 0) is 52.5 Å². The predicted octanol–water partition coefficient (Wildman–Crippen LogP) is 4.60. The molecule has 1 aliphatic rings. The molecule has 0 aromatic heterocycles. The van der Waals surface area contributed by atoms with Crippen molar-refractivity contribution in [2.75, 3.05) is 18.4 Å². The Kier molecular flexibility index (Phi) is 6.98. The lowest BCUT2D eigenvalue weighted by Gasteiger charge is -2.30. The maximum Gasteiger partial charge on any atom is 0.410 e. The van der Waals surface area contributed by atoms with Crippen LogP contribution in [0.5, 0.6) is 0 Å². The van der Waals surface area contributed by atoms with Gasteiger partial charge in [-0.15, -0.1) is 0 Å². The monoisotopic (exact) mass is 461 g/mol. The molecule has 1 saturated heterocycles. The molecule has 6 nitrogen and oxygen atoms in total. The van der Waals surface area contributed by atoms with Crippen LogP contribution in [0.2, 0.25) is 0 Å². The number of ether oxygens (including phenoxy) is 1. The zero-order chi connectivity index (χ0) is 20.8. The fourth-order valence-corrected chi connectivity index (χ4v) is 3.50. The molecular weight excluding hydrogens is 441 g/mol. The van der Waals surface area contributed by atoms with Crippen molar-refractivity contribution in [2.45, 2.75) is 19.4 Å². The van der Waals surface area contributed by atoms with E-state index in [0.717, 1.165) is 5.56 Å². The number of amides is 1. The summed E-state index contributed by atoms with van der Waals surface area (Å²) < 4.78 is 18.9. The number of rotatable bonds is 5. The van der Waals surface area contributed by atoms with Gasteiger partial charge in [-0.25, -0.2) is 9.18 Å². The number of benzene rings is 2. The number of Topliss-reactive ketones (excluding diaryl/α,β-unsaturated/α-hetero) is 1. The molecule has 1 fully saturated rings. The molecule has 0 saturated carbocycles. The number of hydrogen-bond acceptors (Lipinski definition) is 4. The highest BCUT2D eigenvalue weighted by atomic mass is 79.9. The Balaban J connectivity index is 1.46. The molecule has 1 amide bonds. The summed E-state index contributed by atoms with van der Waals surface area (Å²) in [6, 6.07) is 13.6. The van der Waals surface area contributed by atoms with Crippen LogP contribution in [-0.4, -0.2) is 35.7 Å². The van der Waals surface area contributed by atoms with Gasteiger partial charge in [0.2, 0.25) is 5.78 Å². The third-order valence-corrected chi connectivity index (χ3v) is 5.37. The van der Waals surface area contributed by atoms with Gasteiger partial charge in [0.1, 0.15) is 12.4 Å². The van der Waals surface area contributed by atoms with E-state index in [1.54, 1.807) is 4.90 Å². The Morgan fingerprint density at radius 3 is 2.52 bits per heavy atom. The SMILES string of the molecule is N=C(Nc1ccc(F)c(Br)c1)C(=O)C1CCN(C(=O)OCc2ccccc2)CC1. The van der Waals surface area contributed by atoms with Crippen LogP contribution < -0.4 is 5.32 Å². The molecule has 0 aliphatic carbocycles. The Labute approximate surface area is 176 Å². The number of nitrogens with zero attached hydrogens (tertiary/aromatic N) is 1. The summed E-state index contributed by atoms with van der Waals surface area (Å²) in [5, 5.41) is 10.7. The highest BCUT2D eigenvalue weighted by Gasteiger charge is 2.30. The van der Waals surface area contributed by atoms with Crippen molar-refractivity contribution in [3.05, 3.63) is 64.4 Å². The summed E-state index contributed by atoms with van der Waals surface area (Å²) in [6.07, 6.45) is 0.538. The first kappa shape index (κ1) is 21.0. The standard InChI is InChI=1S/C21H21BrFN3O3/c22-17-12-16(6-7-18(17)23)25-20(24)19(27)15-8-10-26(11-9-15)21(28)29-13-14-4-2-1-3-5-14/h1-7,12,15H,8-11,13H2,(H2,24,25). The van der Waals surface area contributed by atoms with Crippen LogP contribution in [0.25, 0.3) is 0 Å². The second kappa shape index (κ2) is 9.65. The molecule has 8 heteroatoms. The molecule has 0 unspecified atom stereocenters. The number of anilines is 1. The predicted molar refractivity (Wildman–Crippen MR) is 111 cm³/mol. The van der Waals surface area contributed by atoms with Crippen molar-refractivity contribution in [2.24, 2.45) is 5.92 Å². The number of carbonyl (C=O) groups is 2. The third-order valence-electron chi connectivity index (χ3n) is 4.76. The highest BCUT2D eigenvalue weighted by molar-refractivity contribution is 9.10.